The summed E-state index contributed by atoms with van der Waals surface area (Å²) in [5, 5.41) is 9.01. The Morgan fingerprint density at radius 1 is 1.00 bits per heavy atom. The van der Waals surface area contributed by atoms with E-state index in [4.69, 9.17) is 0 Å². The van der Waals surface area contributed by atoms with Crippen LogP contribution in [-0.4, -0.2) is 17.5 Å². The lowest BCUT2D eigenvalue weighted by molar-refractivity contribution is -0.122. The summed E-state index contributed by atoms with van der Waals surface area (Å²) in [6, 6.07) is 17.7. The fraction of sp³-hybridized carbons (Fsp3) is 0.240. The fourth-order valence-corrected chi connectivity index (χ4v) is 4.20. The molecule has 1 aliphatic carbocycles. The number of rotatable bonds is 6. The van der Waals surface area contributed by atoms with E-state index in [0.29, 0.717) is 17.0 Å². The van der Waals surface area contributed by atoms with Crippen LogP contribution in [0, 0.1) is 19.8 Å². The summed E-state index contributed by atoms with van der Waals surface area (Å²) in [5.74, 6) is 0.103. The number of nitrogens with zero attached hydrogens (tertiary/aromatic N) is 1. The van der Waals surface area contributed by atoms with Gasteiger partial charge in [0.05, 0.1) is 11.3 Å². The van der Waals surface area contributed by atoms with Crippen molar-refractivity contribution in [1.82, 2.24) is 5.43 Å². The van der Waals surface area contributed by atoms with Crippen LogP contribution in [0.4, 0.5) is 5.69 Å². The highest BCUT2D eigenvalue weighted by atomic mass is 32.1. The predicted octanol–water partition coefficient (Wildman–Crippen LogP) is 5.26. The Morgan fingerprint density at radius 2 is 1.71 bits per heavy atom. The zero-order valence-corrected chi connectivity index (χ0v) is 18.6. The lowest BCUT2D eigenvalue weighted by atomic mass is 10.1. The molecule has 3 aromatic rings. The van der Waals surface area contributed by atoms with Crippen LogP contribution in [0.15, 0.2) is 65.1 Å². The van der Waals surface area contributed by atoms with Crippen LogP contribution in [-0.2, 0) is 4.79 Å². The average molecular weight is 432 g/mol. The van der Waals surface area contributed by atoms with Crippen LogP contribution in [0.1, 0.15) is 51.2 Å². The Hall–Kier alpha value is -3.25. The van der Waals surface area contributed by atoms with Crippen LogP contribution >= 0.6 is 11.3 Å². The molecule has 1 fully saturated rings. The standard InChI is InChI=1S/C25H25N3O2S/c1-15-4-6-19(7-5-15)22-13-23(22)25(30)28-27-17(3)18-8-10-21(11-9-18)26-24(29)20-12-16(2)31-14-20/h4-12,14,22-23H,13H2,1-3H3,(H,26,29)(H,28,30). The van der Waals surface area contributed by atoms with Gasteiger partial charge in [0.25, 0.3) is 5.91 Å². The summed E-state index contributed by atoms with van der Waals surface area (Å²) in [6.45, 7) is 5.89. The molecule has 2 aromatic carbocycles. The first kappa shape index (κ1) is 21.0. The molecule has 1 aromatic heterocycles. The number of thiophene rings is 1. The third kappa shape index (κ3) is 5.09. The molecule has 158 valence electrons. The van der Waals surface area contributed by atoms with Crippen LogP contribution in [0.25, 0.3) is 0 Å². The van der Waals surface area contributed by atoms with Gasteiger partial charge in [-0.25, -0.2) is 5.43 Å². The Bertz CT molecular complexity index is 1130. The third-order valence-electron chi connectivity index (χ3n) is 5.52. The molecule has 4 rings (SSSR count). The second kappa shape index (κ2) is 8.86. The smallest absolute Gasteiger partial charge is 0.256 e. The van der Waals surface area contributed by atoms with E-state index in [2.05, 4.69) is 47.0 Å². The Balaban J connectivity index is 1.31. The van der Waals surface area contributed by atoms with Crippen LogP contribution in [0.2, 0.25) is 0 Å². The Kier molecular flexibility index (Phi) is 6.00. The van der Waals surface area contributed by atoms with E-state index in [1.54, 1.807) is 11.3 Å². The highest BCUT2D eigenvalue weighted by Crippen LogP contribution is 2.47. The predicted molar refractivity (Wildman–Crippen MR) is 126 cm³/mol. The van der Waals surface area contributed by atoms with Gasteiger partial charge in [-0.1, -0.05) is 42.0 Å². The van der Waals surface area contributed by atoms with Crippen molar-refractivity contribution in [2.45, 2.75) is 33.1 Å². The van der Waals surface area contributed by atoms with Crippen molar-refractivity contribution in [3.8, 4) is 0 Å². The lowest BCUT2D eigenvalue weighted by Gasteiger charge is -2.06. The zero-order chi connectivity index (χ0) is 22.0. The molecule has 2 unspecified atom stereocenters. The average Bonchev–Trinajstić information content (AvgIpc) is 3.45. The van der Waals surface area contributed by atoms with Gasteiger partial charge in [-0.2, -0.15) is 5.10 Å². The molecule has 2 N–H and O–H groups in total. The molecular formula is C25H25N3O2S. The third-order valence-corrected chi connectivity index (χ3v) is 6.38. The summed E-state index contributed by atoms with van der Waals surface area (Å²) in [4.78, 5) is 25.8. The number of nitrogens with one attached hydrogen (secondary N) is 2. The second-order valence-corrected chi connectivity index (χ2v) is 9.13. The van der Waals surface area contributed by atoms with Gasteiger partial charge >= 0.3 is 0 Å². The van der Waals surface area contributed by atoms with Crippen molar-refractivity contribution < 1.29 is 9.59 Å². The summed E-state index contributed by atoms with van der Waals surface area (Å²) in [5.41, 5.74) is 8.11. The van der Waals surface area contributed by atoms with Crippen molar-refractivity contribution in [3.05, 3.63) is 87.1 Å². The highest BCUT2D eigenvalue weighted by molar-refractivity contribution is 7.10. The molecule has 1 heterocycles. The van der Waals surface area contributed by atoms with E-state index in [0.717, 1.165) is 16.9 Å². The van der Waals surface area contributed by atoms with Crippen LogP contribution in [0.3, 0.4) is 0 Å². The minimum Gasteiger partial charge on any atom is -0.322 e. The monoisotopic (exact) mass is 431 g/mol. The molecule has 1 saturated carbocycles. The largest absolute Gasteiger partial charge is 0.322 e. The van der Waals surface area contributed by atoms with Crippen molar-refractivity contribution in [1.29, 1.82) is 0 Å². The number of amides is 2. The first-order valence-electron chi connectivity index (χ1n) is 10.3. The normalized spacial score (nSPS) is 17.8. The topological polar surface area (TPSA) is 70.6 Å². The van der Waals surface area contributed by atoms with E-state index in [-0.39, 0.29) is 23.7 Å². The van der Waals surface area contributed by atoms with Gasteiger partial charge in [-0.05, 0) is 62.4 Å². The molecule has 0 saturated heterocycles. The van der Waals surface area contributed by atoms with Crippen molar-refractivity contribution in [3.63, 3.8) is 0 Å². The molecular weight excluding hydrogens is 406 g/mol. The number of anilines is 1. The molecule has 31 heavy (non-hydrogen) atoms. The summed E-state index contributed by atoms with van der Waals surface area (Å²) in [7, 11) is 0. The van der Waals surface area contributed by atoms with Crippen LogP contribution < -0.4 is 10.7 Å². The number of aryl methyl sites for hydroxylation is 2. The van der Waals surface area contributed by atoms with Crippen molar-refractivity contribution >= 4 is 34.6 Å². The van der Waals surface area contributed by atoms with E-state index in [1.807, 2.05) is 49.6 Å². The van der Waals surface area contributed by atoms with E-state index in [9.17, 15) is 9.59 Å². The van der Waals surface area contributed by atoms with E-state index < -0.39 is 0 Å². The molecule has 2 amide bonds. The number of carbonyl (C=O) groups excluding carboxylic acids is 2. The molecule has 5 nitrogen and oxygen atoms in total. The molecule has 0 aliphatic heterocycles. The lowest BCUT2D eigenvalue weighted by Crippen LogP contribution is -2.21. The quantitative estimate of drug-likeness (QED) is 0.413. The fourth-order valence-electron chi connectivity index (χ4n) is 3.51. The number of hydrogen-bond donors (Lipinski definition) is 2. The van der Waals surface area contributed by atoms with E-state index in [1.165, 1.54) is 11.1 Å². The maximum atomic E-state index is 12.4. The van der Waals surface area contributed by atoms with Gasteiger partial charge in [-0.15, -0.1) is 11.3 Å². The number of hydrogen-bond acceptors (Lipinski definition) is 4. The first-order chi connectivity index (χ1) is 14.9. The molecule has 2 atom stereocenters. The van der Waals surface area contributed by atoms with Gasteiger partial charge < -0.3 is 5.32 Å². The zero-order valence-electron chi connectivity index (χ0n) is 17.8. The molecule has 1 aliphatic rings. The number of hydrazone groups is 1. The van der Waals surface area contributed by atoms with Crippen LogP contribution in [0.5, 0.6) is 0 Å². The SMILES string of the molecule is CC(=NNC(=O)C1CC1c1ccc(C)cc1)c1ccc(NC(=O)c2csc(C)c2)cc1. The highest BCUT2D eigenvalue weighted by Gasteiger charge is 2.43. The molecule has 0 radical (unpaired) electrons. The summed E-state index contributed by atoms with van der Waals surface area (Å²) in [6.07, 6.45) is 0.863. The molecule has 6 heteroatoms. The summed E-state index contributed by atoms with van der Waals surface area (Å²) < 4.78 is 0. The molecule has 0 bridgehead atoms. The molecule has 0 spiro atoms. The first-order valence-corrected chi connectivity index (χ1v) is 11.2. The van der Waals surface area contributed by atoms with Gasteiger partial charge in [-0.3, -0.25) is 9.59 Å². The summed E-state index contributed by atoms with van der Waals surface area (Å²) >= 11 is 1.55. The van der Waals surface area contributed by atoms with Gasteiger partial charge in [0.15, 0.2) is 0 Å². The van der Waals surface area contributed by atoms with Gasteiger partial charge in [0.1, 0.15) is 0 Å². The minimum absolute atomic E-state index is 0.0161. The minimum atomic E-state index is -0.123. The van der Waals surface area contributed by atoms with E-state index >= 15 is 0 Å². The maximum Gasteiger partial charge on any atom is 0.256 e. The Labute approximate surface area is 186 Å². The van der Waals surface area contributed by atoms with Crippen molar-refractivity contribution in [2.75, 3.05) is 5.32 Å². The number of benzene rings is 2. The maximum absolute atomic E-state index is 12.4. The van der Waals surface area contributed by atoms with Gasteiger partial charge in [0, 0.05) is 21.9 Å². The van der Waals surface area contributed by atoms with Gasteiger partial charge in [0.2, 0.25) is 5.91 Å². The second-order valence-electron chi connectivity index (χ2n) is 8.01. The number of carbonyl (C=O) groups is 2. The Morgan fingerprint density at radius 3 is 2.35 bits per heavy atom. The van der Waals surface area contributed by atoms with Crippen molar-refractivity contribution in [2.24, 2.45) is 11.0 Å².